The van der Waals surface area contributed by atoms with Gasteiger partial charge in [-0.25, -0.2) is 9.97 Å². The highest BCUT2D eigenvalue weighted by Gasteiger charge is 2.08. The first-order chi connectivity index (χ1) is 7.70. The van der Waals surface area contributed by atoms with E-state index in [2.05, 4.69) is 9.97 Å². The molecule has 82 valence electrons. The van der Waals surface area contributed by atoms with Crippen LogP contribution < -0.4 is 10.5 Å². The number of hydrogen-bond donors (Lipinski definition) is 1. The molecule has 0 saturated carbocycles. The van der Waals surface area contributed by atoms with E-state index in [0.717, 1.165) is 5.56 Å². The molecular weight excluding hydrogens is 226 g/mol. The van der Waals surface area contributed by atoms with Crippen molar-refractivity contribution >= 4 is 17.4 Å². The second-order valence-electron chi connectivity index (χ2n) is 3.17. The molecule has 1 aromatic heterocycles. The van der Waals surface area contributed by atoms with Gasteiger partial charge in [-0.3, -0.25) is 0 Å². The zero-order valence-electron chi connectivity index (χ0n) is 8.64. The average molecular weight is 236 g/mol. The number of hydrogen-bond acceptors (Lipinski definition) is 4. The molecule has 2 aromatic rings. The lowest BCUT2D eigenvalue weighted by Crippen LogP contribution is -1.94. The summed E-state index contributed by atoms with van der Waals surface area (Å²) in [6.45, 7) is 0. The van der Waals surface area contributed by atoms with E-state index in [1.165, 1.54) is 6.33 Å². The van der Waals surface area contributed by atoms with Gasteiger partial charge in [0.05, 0.1) is 12.8 Å². The van der Waals surface area contributed by atoms with Crippen LogP contribution in [-0.2, 0) is 0 Å². The van der Waals surface area contributed by atoms with E-state index in [0.29, 0.717) is 22.3 Å². The summed E-state index contributed by atoms with van der Waals surface area (Å²) in [7, 11) is 1.59. The number of halogens is 1. The van der Waals surface area contributed by atoms with Crippen molar-refractivity contribution in [2.45, 2.75) is 0 Å². The Kier molecular flexibility index (Phi) is 2.92. The molecule has 0 aliphatic rings. The van der Waals surface area contributed by atoms with Gasteiger partial charge in [0, 0.05) is 16.7 Å². The van der Waals surface area contributed by atoms with Crippen LogP contribution in [0.1, 0.15) is 0 Å². The van der Waals surface area contributed by atoms with Crippen molar-refractivity contribution in [3.05, 3.63) is 35.6 Å². The average Bonchev–Trinajstić information content (AvgIpc) is 2.29. The summed E-state index contributed by atoms with van der Waals surface area (Å²) in [6, 6.07) is 7.00. The van der Waals surface area contributed by atoms with Gasteiger partial charge in [-0.2, -0.15) is 0 Å². The third-order valence-electron chi connectivity index (χ3n) is 2.13. The Bertz CT molecular complexity index is 516. The lowest BCUT2D eigenvalue weighted by Gasteiger charge is -2.08. The molecular formula is C11H10ClN3O. The molecule has 0 aliphatic carbocycles. The Morgan fingerprint density at radius 3 is 2.75 bits per heavy atom. The van der Waals surface area contributed by atoms with Crippen molar-refractivity contribution < 1.29 is 4.74 Å². The van der Waals surface area contributed by atoms with Crippen LogP contribution in [-0.4, -0.2) is 17.1 Å². The summed E-state index contributed by atoms with van der Waals surface area (Å²) >= 11 is 5.93. The molecule has 0 saturated heterocycles. The third-order valence-corrected chi connectivity index (χ3v) is 2.36. The highest BCUT2D eigenvalue weighted by atomic mass is 35.5. The molecule has 0 bridgehead atoms. The summed E-state index contributed by atoms with van der Waals surface area (Å²) in [5.41, 5.74) is 7.08. The van der Waals surface area contributed by atoms with Crippen LogP contribution in [0.3, 0.4) is 0 Å². The van der Waals surface area contributed by atoms with Gasteiger partial charge >= 0.3 is 0 Å². The number of methoxy groups -OCH3 is 1. The Hall–Kier alpha value is -1.81. The molecule has 2 rings (SSSR count). The predicted molar refractivity (Wildman–Crippen MR) is 63.4 cm³/mol. The molecule has 4 nitrogen and oxygen atoms in total. The van der Waals surface area contributed by atoms with Gasteiger partial charge in [-0.1, -0.05) is 11.6 Å². The number of anilines is 1. The fraction of sp³-hybridized carbons (Fsp3) is 0.0909. The van der Waals surface area contributed by atoms with Gasteiger partial charge in [0.15, 0.2) is 0 Å². The SMILES string of the molecule is COc1ccc(Cl)cc1-c1cc(N)ncn1. The molecule has 1 heterocycles. The van der Waals surface area contributed by atoms with Crippen molar-refractivity contribution in [2.75, 3.05) is 12.8 Å². The quantitative estimate of drug-likeness (QED) is 0.868. The van der Waals surface area contributed by atoms with Crippen molar-refractivity contribution in [3.8, 4) is 17.0 Å². The van der Waals surface area contributed by atoms with Gasteiger partial charge in [0.2, 0.25) is 0 Å². The van der Waals surface area contributed by atoms with E-state index in [9.17, 15) is 0 Å². The highest BCUT2D eigenvalue weighted by Crippen LogP contribution is 2.31. The first-order valence-electron chi connectivity index (χ1n) is 4.62. The van der Waals surface area contributed by atoms with Gasteiger partial charge in [0.25, 0.3) is 0 Å². The number of nitrogens with zero attached hydrogens (tertiary/aromatic N) is 2. The van der Waals surface area contributed by atoms with E-state index in [4.69, 9.17) is 22.1 Å². The molecule has 0 aliphatic heterocycles. The summed E-state index contributed by atoms with van der Waals surface area (Å²) in [5.74, 6) is 1.11. The molecule has 1 aromatic carbocycles. The topological polar surface area (TPSA) is 61.0 Å². The van der Waals surface area contributed by atoms with Gasteiger partial charge in [-0.05, 0) is 18.2 Å². The number of aromatic nitrogens is 2. The Morgan fingerprint density at radius 1 is 1.25 bits per heavy atom. The highest BCUT2D eigenvalue weighted by molar-refractivity contribution is 6.30. The molecule has 0 fully saturated rings. The van der Waals surface area contributed by atoms with E-state index in [1.807, 2.05) is 0 Å². The van der Waals surface area contributed by atoms with Crippen molar-refractivity contribution in [3.63, 3.8) is 0 Å². The molecule has 16 heavy (non-hydrogen) atoms. The van der Waals surface area contributed by atoms with Crippen LogP contribution in [0, 0.1) is 0 Å². The van der Waals surface area contributed by atoms with E-state index < -0.39 is 0 Å². The van der Waals surface area contributed by atoms with Crippen LogP contribution in [0.5, 0.6) is 5.75 Å². The fourth-order valence-electron chi connectivity index (χ4n) is 1.40. The molecule has 5 heteroatoms. The minimum absolute atomic E-state index is 0.409. The van der Waals surface area contributed by atoms with Crippen LogP contribution in [0.25, 0.3) is 11.3 Å². The fourth-order valence-corrected chi connectivity index (χ4v) is 1.57. The molecule has 0 radical (unpaired) electrons. The number of benzene rings is 1. The van der Waals surface area contributed by atoms with Crippen LogP contribution in [0.2, 0.25) is 5.02 Å². The lowest BCUT2D eigenvalue weighted by atomic mass is 10.1. The van der Waals surface area contributed by atoms with E-state index in [1.54, 1.807) is 31.4 Å². The van der Waals surface area contributed by atoms with Crippen molar-refractivity contribution in [1.29, 1.82) is 0 Å². The summed E-state index contributed by atoms with van der Waals surface area (Å²) in [4.78, 5) is 7.97. The van der Waals surface area contributed by atoms with Crippen LogP contribution >= 0.6 is 11.6 Å². The molecule has 0 amide bonds. The Labute approximate surface area is 98.0 Å². The summed E-state index contributed by atoms with van der Waals surface area (Å²) in [6.07, 6.45) is 1.41. The largest absolute Gasteiger partial charge is 0.496 e. The summed E-state index contributed by atoms with van der Waals surface area (Å²) < 4.78 is 5.23. The number of nitrogens with two attached hydrogens (primary N) is 1. The van der Waals surface area contributed by atoms with Crippen molar-refractivity contribution in [1.82, 2.24) is 9.97 Å². The van der Waals surface area contributed by atoms with E-state index >= 15 is 0 Å². The number of nitrogen functional groups attached to an aromatic ring is 1. The van der Waals surface area contributed by atoms with E-state index in [-0.39, 0.29) is 0 Å². The summed E-state index contributed by atoms with van der Waals surface area (Å²) in [5, 5.41) is 0.619. The van der Waals surface area contributed by atoms with Gasteiger partial charge < -0.3 is 10.5 Å². The maximum atomic E-state index is 5.93. The maximum Gasteiger partial charge on any atom is 0.128 e. The monoisotopic (exact) mass is 235 g/mol. The smallest absolute Gasteiger partial charge is 0.128 e. The zero-order chi connectivity index (χ0) is 11.5. The second kappa shape index (κ2) is 4.37. The predicted octanol–water partition coefficient (Wildman–Crippen LogP) is 2.39. The van der Waals surface area contributed by atoms with Crippen LogP contribution in [0.15, 0.2) is 30.6 Å². The van der Waals surface area contributed by atoms with Crippen molar-refractivity contribution in [2.24, 2.45) is 0 Å². The Balaban J connectivity index is 2.58. The molecule has 0 unspecified atom stereocenters. The Morgan fingerprint density at radius 2 is 2.06 bits per heavy atom. The first-order valence-corrected chi connectivity index (χ1v) is 5.00. The minimum Gasteiger partial charge on any atom is -0.496 e. The third kappa shape index (κ3) is 2.06. The molecule has 0 spiro atoms. The first kappa shape index (κ1) is 10.7. The number of ether oxygens (including phenoxy) is 1. The maximum absolute atomic E-state index is 5.93. The standard InChI is InChI=1S/C11H10ClN3O/c1-16-10-3-2-7(12)4-8(10)9-5-11(13)15-6-14-9/h2-6H,1H3,(H2,13,14,15). The molecule has 0 atom stereocenters. The van der Waals surface area contributed by atoms with Crippen LogP contribution in [0.4, 0.5) is 5.82 Å². The normalized spacial score (nSPS) is 10.1. The number of rotatable bonds is 2. The second-order valence-corrected chi connectivity index (χ2v) is 3.61. The van der Waals surface area contributed by atoms with Gasteiger partial charge in [-0.15, -0.1) is 0 Å². The zero-order valence-corrected chi connectivity index (χ0v) is 9.40. The molecule has 2 N–H and O–H groups in total. The van der Waals surface area contributed by atoms with Gasteiger partial charge in [0.1, 0.15) is 17.9 Å². The minimum atomic E-state index is 0.409. The lowest BCUT2D eigenvalue weighted by molar-refractivity contribution is 0.416.